The van der Waals surface area contributed by atoms with Gasteiger partial charge in [0.1, 0.15) is 18.1 Å². The second-order valence-electron chi connectivity index (χ2n) is 5.89. The van der Waals surface area contributed by atoms with Crippen molar-refractivity contribution in [2.45, 2.75) is 0 Å². The van der Waals surface area contributed by atoms with E-state index in [1.165, 1.54) is 6.26 Å². The van der Waals surface area contributed by atoms with Crippen LogP contribution in [-0.4, -0.2) is 42.9 Å². The minimum Gasteiger partial charge on any atom is -0.492 e. The van der Waals surface area contributed by atoms with Crippen LogP contribution in [0.15, 0.2) is 65.4 Å². The fourth-order valence-corrected chi connectivity index (χ4v) is 2.25. The van der Waals surface area contributed by atoms with Gasteiger partial charge in [0.2, 0.25) is 11.7 Å². The third kappa shape index (κ3) is 4.49. The molecule has 0 N–H and O–H groups in total. The predicted octanol–water partition coefficient (Wildman–Crippen LogP) is 3.64. The molecule has 0 fully saturated rings. The SMILES string of the molecule is CN(C)CCOc1ccc(Oc2ncccc2C(=O)c2ccco2)cc1. The highest BCUT2D eigenvalue weighted by atomic mass is 16.5. The van der Waals surface area contributed by atoms with E-state index in [9.17, 15) is 4.79 Å². The fourth-order valence-electron chi connectivity index (χ4n) is 2.25. The second kappa shape index (κ2) is 8.31. The molecule has 6 heteroatoms. The number of hydrogen-bond donors (Lipinski definition) is 0. The quantitative estimate of drug-likeness (QED) is 0.577. The third-order valence-corrected chi connectivity index (χ3v) is 3.61. The Labute approximate surface area is 152 Å². The van der Waals surface area contributed by atoms with Gasteiger partial charge >= 0.3 is 0 Å². The summed E-state index contributed by atoms with van der Waals surface area (Å²) in [5.74, 6) is 1.52. The Balaban J connectivity index is 1.70. The molecule has 3 aromatic rings. The summed E-state index contributed by atoms with van der Waals surface area (Å²) >= 11 is 0. The minimum absolute atomic E-state index is 0.232. The molecule has 0 unspecified atom stereocenters. The number of nitrogens with zero attached hydrogens (tertiary/aromatic N) is 2. The highest BCUT2D eigenvalue weighted by molar-refractivity contribution is 6.08. The van der Waals surface area contributed by atoms with Gasteiger partial charge in [-0.05, 0) is 62.6 Å². The van der Waals surface area contributed by atoms with Crippen molar-refractivity contribution in [3.8, 4) is 17.4 Å². The maximum atomic E-state index is 12.5. The molecule has 0 aliphatic heterocycles. The van der Waals surface area contributed by atoms with Crippen molar-refractivity contribution in [2.24, 2.45) is 0 Å². The van der Waals surface area contributed by atoms with Crippen LogP contribution in [-0.2, 0) is 0 Å². The summed E-state index contributed by atoms with van der Waals surface area (Å²) in [5.41, 5.74) is 0.341. The van der Waals surface area contributed by atoms with Crippen LogP contribution in [0.1, 0.15) is 16.1 Å². The number of aromatic nitrogens is 1. The molecule has 0 saturated heterocycles. The molecular weight excluding hydrogens is 332 g/mol. The highest BCUT2D eigenvalue weighted by Gasteiger charge is 2.18. The Morgan fingerprint density at radius 3 is 2.54 bits per heavy atom. The van der Waals surface area contributed by atoms with E-state index in [0.717, 1.165) is 12.3 Å². The molecule has 0 atom stereocenters. The fraction of sp³-hybridized carbons (Fsp3) is 0.200. The number of pyridine rings is 1. The second-order valence-corrected chi connectivity index (χ2v) is 5.89. The molecule has 0 spiro atoms. The molecule has 1 aromatic carbocycles. The lowest BCUT2D eigenvalue weighted by Gasteiger charge is -2.12. The Hall–Kier alpha value is -3.12. The van der Waals surface area contributed by atoms with Crippen LogP contribution < -0.4 is 9.47 Å². The van der Waals surface area contributed by atoms with E-state index in [0.29, 0.717) is 17.9 Å². The van der Waals surface area contributed by atoms with Crippen molar-refractivity contribution in [1.82, 2.24) is 9.88 Å². The van der Waals surface area contributed by atoms with Crippen molar-refractivity contribution in [3.05, 3.63) is 72.3 Å². The predicted molar refractivity (Wildman–Crippen MR) is 96.9 cm³/mol. The van der Waals surface area contributed by atoms with E-state index >= 15 is 0 Å². The van der Waals surface area contributed by atoms with Gasteiger partial charge in [0.05, 0.1) is 11.8 Å². The van der Waals surface area contributed by atoms with Gasteiger partial charge in [-0.3, -0.25) is 4.79 Å². The molecule has 2 aromatic heterocycles. The molecule has 6 nitrogen and oxygen atoms in total. The van der Waals surface area contributed by atoms with E-state index in [-0.39, 0.29) is 17.4 Å². The Bertz CT molecular complexity index is 843. The van der Waals surface area contributed by atoms with Gasteiger partial charge in [-0.15, -0.1) is 0 Å². The molecule has 0 amide bonds. The van der Waals surface area contributed by atoms with E-state index < -0.39 is 0 Å². The van der Waals surface area contributed by atoms with Crippen LogP contribution in [0, 0.1) is 0 Å². The maximum Gasteiger partial charge on any atom is 0.233 e. The topological polar surface area (TPSA) is 64.8 Å². The van der Waals surface area contributed by atoms with Gasteiger partial charge in [-0.1, -0.05) is 0 Å². The number of rotatable bonds is 8. The Morgan fingerprint density at radius 1 is 1.08 bits per heavy atom. The lowest BCUT2D eigenvalue weighted by atomic mass is 10.1. The summed E-state index contributed by atoms with van der Waals surface area (Å²) in [4.78, 5) is 18.7. The number of benzene rings is 1. The summed E-state index contributed by atoms with van der Waals surface area (Å²) in [6, 6.07) is 13.8. The molecule has 0 saturated carbocycles. The van der Waals surface area contributed by atoms with Gasteiger partial charge in [-0.2, -0.15) is 0 Å². The molecule has 2 heterocycles. The molecule has 0 bridgehead atoms. The molecule has 26 heavy (non-hydrogen) atoms. The summed E-state index contributed by atoms with van der Waals surface area (Å²) in [6.45, 7) is 1.44. The van der Waals surface area contributed by atoms with Crippen LogP contribution in [0.2, 0.25) is 0 Å². The summed E-state index contributed by atoms with van der Waals surface area (Å²) in [6.07, 6.45) is 3.03. The van der Waals surface area contributed by atoms with E-state index in [1.54, 1.807) is 42.6 Å². The zero-order valence-electron chi connectivity index (χ0n) is 14.7. The first-order chi connectivity index (χ1) is 12.6. The van der Waals surface area contributed by atoms with Crippen molar-refractivity contribution in [1.29, 1.82) is 0 Å². The molecule has 0 aliphatic rings. The zero-order valence-corrected chi connectivity index (χ0v) is 14.7. The summed E-state index contributed by atoms with van der Waals surface area (Å²) in [7, 11) is 3.99. The summed E-state index contributed by atoms with van der Waals surface area (Å²) < 4.78 is 16.6. The largest absolute Gasteiger partial charge is 0.492 e. The van der Waals surface area contributed by atoms with Crippen LogP contribution in [0.4, 0.5) is 0 Å². The van der Waals surface area contributed by atoms with Crippen molar-refractivity contribution < 1.29 is 18.7 Å². The van der Waals surface area contributed by atoms with Crippen LogP contribution >= 0.6 is 0 Å². The van der Waals surface area contributed by atoms with E-state index in [2.05, 4.69) is 9.88 Å². The van der Waals surface area contributed by atoms with Crippen molar-refractivity contribution >= 4 is 5.78 Å². The normalized spacial score (nSPS) is 10.7. The van der Waals surface area contributed by atoms with Gasteiger partial charge < -0.3 is 18.8 Å². The lowest BCUT2D eigenvalue weighted by Crippen LogP contribution is -2.19. The Kier molecular flexibility index (Phi) is 5.66. The molecule has 134 valence electrons. The van der Waals surface area contributed by atoms with Gasteiger partial charge in [0.25, 0.3) is 0 Å². The number of carbonyl (C=O) groups excluding carboxylic acids is 1. The molecule has 3 rings (SSSR count). The van der Waals surface area contributed by atoms with Crippen molar-refractivity contribution in [2.75, 3.05) is 27.2 Å². The minimum atomic E-state index is -0.276. The number of hydrogen-bond acceptors (Lipinski definition) is 6. The first kappa shape index (κ1) is 17.7. The van der Waals surface area contributed by atoms with Gasteiger partial charge in [0, 0.05) is 12.7 Å². The number of likely N-dealkylation sites (N-methyl/N-ethyl adjacent to an activating group) is 1. The number of carbonyl (C=O) groups is 1. The number of ketones is 1. The van der Waals surface area contributed by atoms with E-state index in [1.807, 2.05) is 26.2 Å². The summed E-state index contributed by atoms with van der Waals surface area (Å²) in [5, 5.41) is 0. The lowest BCUT2D eigenvalue weighted by molar-refractivity contribution is 0.101. The van der Waals surface area contributed by atoms with Crippen LogP contribution in [0.5, 0.6) is 17.4 Å². The van der Waals surface area contributed by atoms with Gasteiger partial charge in [0.15, 0.2) is 5.76 Å². The average molecular weight is 352 g/mol. The maximum absolute atomic E-state index is 12.5. The smallest absolute Gasteiger partial charge is 0.233 e. The highest BCUT2D eigenvalue weighted by Crippen LogP contribution is 2.26. The van der Waals surface area contributed by atoms with E-state index in [4.69, 9.17) is 13.9 Å². The standard InChI is InChI=1S/C20H20N2O4/c1-22(2)12-14-24-15-7-9-16(10-8-15)26-20-17(5-3-11-21-20)19(23)18-6-4-13-25-18/h3-11,13H,12,14H2,1-2H3. The number of furan rings is 1. The first-order valence-corrected chi connectivity index (χ1v) is 8.22. The third-order valence-electron chi connectivity index (χ3n) is 3.61. The van der Waals surface area contributed by atoms with Crippen LogP contribution in [0.3, 0.4) is 0 Å². The molecular formula is C20H20N2O4. The molecule has 0 radical (unpaired) electrons. The average Bonchev–Trinajstić information content (AvgIpc) is 3.17. The van der Waals surface area contributed by atoms with Crippen molar-refractivity contribution in [3.63, 3.8) is 0 Å². The first-order valence-electron chi connectivity index (χ1n) is 8.22. The molecule has 0 aliphatic carbocycles. The van der Waals surface area contributed by atoms with Crippen LogP contribution in [0.25, 0.3) is 0 Å². The Morgan fingerprint density at radius 2 is 1.85 bits per heavy atom. The monoisotopic (exact) mass is 352 g/mol. The zero-order chi connectivity index (χ0) is 18.4. The van der Waals surface area contributed by atoms with Gasteiger partial charge in [-0.25, -0.2) is 4.98 Å². The number of ether oxygens (including phenoxy) is 2.